The van der Waals surface area contributed by atoms with E-state index in [4.69, 9.17) is 15.1 Å². The van der Waals surface area contributed by atoms with Gasteiger partial charge in [-0.2, -0.15) is 5.26 Å². The Bertz CT molecular complexity index is 723. The maximum Gasteiger partial charge on any atom is 0.341 e. The van der Waals surface area contributed by atoms with Crippen LogP contribution in [0.15, 0.2) is 30.5 Å². The molecule has 0 amide bonds. The number of benzene rings is 1. The zero-order valence-electron chi connectivity index (χ0n) is 10.4. The molecule has 0 unspecified atom stereocenters. The number of ether oxygens (including phenoxy) is 1. The van der Waals surface area contributed by atoms with Crippen LogP contribution in [-0.2, 0) is 0 Å². The zero-order valence-corrected chi connectivity index (χ0v) is 10.4. The van der Waals surface area contributed by atoms with Crippen molar-refractivity contribution in [1.82, 2.24) is 4.98 Å². The molecule has 0 fully saturated rings. The second kappa shape index (κ2) is 5.36. The van der Waals surface area contributed by atoms with Crippen LogP contribution in [0.3, 0.4) is 0 Å². The van der Waals surface area contributed by atoms with Crippen molar-refractivity contribution in [2.75, 3.05) is 7.11 Å². The molecule has 1 N–H and O–H groups in total. The molecule has 0 saturated carbocycles. The number of rotatable bonds is 3. The molecular weight excluding hydrogens is 263 g/mol. The first kappa shape index (κ1) is 13.5. The van der Waals surface area contributed by atoms with Gasteiger partial charge in [0.25, 0.3) is 0 Å². The molecule has 6 heteroatoms. The number of carbonyl (C=O) groups is 1. The molecule has 0 aliphatic carbocycles. The number of methoxy groups -OCH3 is 1. The molecule has 20 heavy (non-hydrogen) atoms. The van der Waals surface area contributed by atoms with E-state index in [1.54, 1.807) is 0 Å². The Morgan fingerprint density at radius 2 is 2.20 bits per heavy atom. The fourth-order valence-electron chi connectivity index (χ4n) is 1.73. The van der Waals surface area contributed by atoms with Gasteiger partial charge in [-0.1, -0.05) is 0 Å². The van der Waals surface area contributed by atoms with Crippen molar-refractivity contribution < 1.29 is 19.0 Å². The van der Waals surface area contributed by atoms with Crippen LogP contribution in [0.2, 0.25) is 0 Å². The molecule has 1 aromatic carbocycles. The van der Waals surface area contributed by atoms with Crippen molar-refractivity contribution in [2.45, 2.75) is 0 Å². The lowest BCUT2D eigenvalue weighted by molar-refractivity contribution is 0.0692. The van der Waals surface area contributed by atoms with E-state index >= 15 is 0 Å². The van der Waals surface area contributed by atoms with Crippen molar-refractivity contribution in [3.05, 3.63) is 47.4 Å². The van der Waals surface area contributed by atoms with Crippen molar-refractivity contribution in [3.8, 4) is 23.1 Å². The van der Waals surface area contributed by atoms with Gasteiger partial charge < -0.3 is 9.84 Å². The number of carboxylic acid groups (broad SMARTS) is 1. The standard InChI is InChI=1S/C14H9FN2O3/c1-20-13-11(14(18)19)5-9(7-17-13)10-4-8(6-16)2-3-12(10)15/h2-5,7H,1H3,(H,18,19). The summed E-state index contributed by atoms with van der Waals surface area (Å²) in [7, 11) is 1.30. The number of hydrogen-bond acceptors (Lipinski definition) is 4. The molecule has 2 aromatic rings. The van der Waals surface area contributed by atoms with Gasteiger partial charge in [0.1, 0.15) is 11.4 Å². The second-order valence-electron chi connectivity index (χ2n) is 3.89. The number of halogens is 1. The van der Waals surface area contributed by atoms with Gasteiger partial charge in [0.2, 0.25) is 5.88 Å². The highest BCUT2D eigenvalue weighted by Gasteiger charge is 2.15. The minimum absolute atomic E-state index is 0.0573. The Morgan fingerprint density at radius 3 is 2.80 bits per heavy atom. The van der Waals surface area contributed by atoms with E-state index in [1.165, 1.54) is 31.5 Å². The summed E-state index contributed by atoms with van der Waals surface area (Å²) in [4.78, 5) is 14.9. The quantitative estimate of drug-likeness (QED) is 0.927. The van der Waals surface area contributed by atoms with Gasteiger partial charge in [-0.05, 0) is 24.3 Å². The van der Waals surface area contributed by atoms with Crippen LogP contribution >= 0.6 is 0 Å². The zero-order chi connectivity index (χ0) is 14.7. The predicted molar refractivity (Wildman–Crippen MR) is 67.9 cm³/mol. The van der Waals surface area contributed by atoms with E-state index in [-0.39, 0.29) is 28.1 Å². The summed E-state index contributed by atoms with van der Waals surface area (Å²) >= 11 is 0. The third kappa shape index (κ3) is 2.42. The van der Waals surface area contributed by atoms with Crippen LogP contribution in [0, 0.1) is 17.1 Å². The largest absolute Gasteiger partial charge is 0.480 e. The topological polar surface area (TPSA) is 83.2 Å². The molecule has 0 bridgehead atoms. The molecule has 2 rings (SSSR count). The van der Waals surface area contributed by atoms with E-state index in [2.05, 4.69) is 4.98 Å². The van der Waals surface area contributed by atoms with Gasteiger partial charge in [-0.25, -0.2) is 14.2 Å². The van der Waals surface area contributed by atoms with Crippen molar-refractivity contribution in [2.24, 2.45) is 0 Å². The van der Waals surface area contributed by atoms with Crippen molar-refractivity contribution in [3.63, 3.8) is 0 Å². The van der Waals surface area contributed by atoms with Crippen LogP contribution in [0.5, 0.6) is 5.88 Å². The number of carboxylic acids is 1. The molecule has 100 valence electrons. The Labute approximate surface area is 113 Å². The summed E-state index contributed by atoms with van der Waals surface area (Å²) in [6, 6.07) is 6.98. The van der Waals surface area contributed by atoms with Gasteiger partial charge in [-0.15, -0.1) is 0 Å². The predicted octanol–water partition coefficient (Wildman–Crippen LogP) is 2.47. The molecule has 0 spiro atoms. The highest BCUT2D eigenvalue weighted by atomic mass is 19.1. The number of hydrogen-bond donors (Lipinski definition) is 1. The highest BCUT2D eigenvalue weighted by molar-refractivity contribution is 5.91. The SMILES string of the molecule is COc1ncc(-c2cc(C#N)ccc2F)cc1C(=O)O. The van der Waals surface area contributed by atoms with Crippen LogP contribution < -0.4 is 4.74 Å². The lowest BCUT2D eigenvalue weighted by Gasteiger charge is -2.08. The normalized spacial score (nSPS) is 9.85. The number of aromatic nitrogens is 1. The third-order valence-electron chi connectivity index (χ3n) is 2.68. The summed E-state index contributed by atoms with van der Waals surface area (Å²) in [5.41, 5.74) is 0.473. The minimum Gasteiger partial charge on any atom is -0.480 e. The fourth-order valence-corrected chi connectivity index (χ4v) is 1.73. The molecular formula is C14H9FN2O3. The lowest BCUT2D eigenvalue weighted by atomic mass is 10.0. The van der Waals surface area contributed by atoms with Crippen LogP contribution in [-0.4, -0.2) is 23.2 Å². The van der Waals surface area contributed by atoms with Crippen molar-refractivity contribution >= 4 is 5.97 Å². The number of nitriles is 1. The van der Waals surface area contributed by atoms with Crippen LogP contribution in [0.25, 0.3) is 11.1 Å². The first-order chi connectivity index (χ1) is 9.56. The molecule has 0 aliphatic heterocycles. The first-order valence-electron chi connectivity index (χ1n) is 5.54. The molecule has 5 nitrogen and oxygen atoms in total. The van der Waals surface area contributed by atoms with E-state index in [9.17, 15) is 9.18 Å². The average Bonchev–Trinajstić information content (AvgIpc) is 2.47. The van der Waals surface area contributed by atoms with Crippen LogP contribution in [0.1, 0.15) is 15.9 Å². The number of aromatic carboxylic acids is 1. The molecule has 1 heterocycles. The monoisotopic (exact) mass is 272 g/mol. The Balaban J connectivity index is 2.62. The summed E-state index contributed by atoms with van der Waals surface area (Å²) in [5.74, 6) is -1.85. The molecule has 0 saturated heterocycles. The molecule has 1 aromatic heterocycles. The van der Waals surface area contributed by atoms with Gasteiger partial charge in [0.15, 0.2) is 0 Å². The average molecular weight is 272 g/mol. The summed E-state index contributed by atoms with van der Waals surface area (Å²) in [5, 5.41) is 17.9. The summed E-state index contributed by atoms with van der Waals surface area (Å²) < 4.78 is 18.6. The highest BCUT2D eigenvalue weighted by Crippen LogP contribution is 2.27. The van der Waals surface area contributed by atoms with E-state index in [0.29, 0.717) is 0 Å². The smallest absolute Gasteiger partial charge is 0.341 e. The second-order valence-corrected chi connectivity index (χ2v) is 3.89. The maximum absolute atomic E-state index is 13.8. The third-order valence-corrected chi connectivity index (χ3v) is 2.68. The van der Waals surface area contributed by atoms with Crippen LogP contribution in [0.4, 0.5) is 4.39 Å². The van der Waals surface area contributed by atoms with Gasteiger partial charge >= 0.3 is 5.97 Å². The Kier molecular flexibility index (Phi) is 3.62. The summed E-state index contributed by atoms with van der Waals surface area (Å²) in [6.45, 7) is 0. The van der Waals surface area contributed by atoms with Gasteiger partial charge in [0, 0.05) is 17.3 Å². The Morgan fingerprint density at radius 1 is 1.45 bits per heavy atom. The van der Waals surface area contributed by atoms with E-state index in [0.717, 1.165) is 6.07 Å². The summed E-state index contributed by atoms with van der Waals surface area (Å²) in [6.07, 6.45) is 1.30. The molecule has 0 atom stereocenters. The van der Waals surface area contributed by atoms with Gasteiger partial charge in [0.05, 0.1) is 18.7 Å². The maximum atomic E-state index is 13.8. The number of nitrogens with zero attached hydrogens (tertiary/aromatic N) is 2. The Hall–Kier alpha value is -2.94. The van der Waals surface area contributed by atoms with E-state index < -0.39 is 11.8 Å². The minimum atomic E-state index is -1.23. The fraction of sp³-hybridized carbons (Fsp3) is 0.0714. The lowest BCUT2D eigenvalue weighted by Crippen LogP contribution is -2.03. The molecule has 0 aliphatic rings. The number of pyridine rings is 1. The van der Waals surface area contributed by atoms with Crippen molar-refractivity contribution in [1.29, 1.82) is 5.26 Å². The van der Waals surface area contributed by atoms with E-state index in [1.807, 2.05) is 6.07 Å². The van der Waals surface area contributed by atoms with Gasteiger partial charge in [-0.3, -0.25) is 0 Å². The first-order valence-corrected chi connectivity index (χ1v) is 5.54. The molecule has 0 radical (unpaired) electrons.